The average Bonchev–Trinajstić information content (AvgIpc) is 2.29. The molecule has 0 aliphatic carbocycles. The molecule has 0 bridgehead atoms. The number of β-amino-alcohol motifs (C(OH)–C–C–N with tert-alkyl or cyclic N) is 1. The highest BCUT2D eigenvalue weighted by molar-refractivity contribution is 7.89. The third kappa shape index (κ3) is 2.57. The van der Waals surface area contributed by atoms with Crippen LogP contribution in [-0.4, -0.2) is 37.0 Å². The first kappa shape index (κ1) is 12.3. The Labute approximate surface area is 101 Å². The lowest BCUT2D eigenvalue weighted by atomic mass is 10.2. The Morgan fingerprint density at radius 3 is 2.53 bits per heavy atom. The maximum Gasteiger partial charge on any atom is 0.243 e. The highest BCUT2D eigenvalue weighted by atomic mass is 32.2. The van der Waals surface area contributed by atoms with Gasteiger partial charge in [0.1, 0.15) is 0 Å². The molecule has 1 heterocycles. The molecular formula is C12H15NO3S. The van der Waals surface area contributed by atoms with Crippen LogP contribution in [0.25, 0.3) is 0 Å². The van der Waals surface area contributed by atoms with Gasteiger partial charge in [-0.2, -0.15) is 4.31 Å². The molecule has 0 spiro atoms. The SMILES string of the molecule is Cc1ccc(S(=O)(=O)N2CC=CC(O)C2)cc1. The molecule has 0 aromatic heterocycles. The van der Waals surface area contributed by atoms with Crippen molar-refractivity contribution in [2.24, 2.45) is 0 Å². The lowest BCUT2D eigenvalue weighted by molar-refractivity contribution is 0.184. The molecule has 1 unspecified atom stereocenters. The fraction of sp³-hybridized carbons (Fsp3) is 0.333. The van der Waals surface area contributed by atoms with Crippen molar-refractivity contribution in [1.82, 2.24) is 4.31 Å². The third-order valence-corrected chi connectivity index (χ3v) is 4.56. The van der Waals surface area contributed by atoms with Crippen LogP contribution in [0.5, 0.6) is 0 Å². The number of rotatable bonds is 2. The van der Waals surface area contributed by atoms with E-state index in [0.29, 0.717) is 6.54 Å². The van der Waals surface area contributed by atoms with E-state index >= 15 is 0 Å². The Kier molecular flexibility index (Phi) is 3.33. The summed E-state index contributed by atoms with van der Waals surface area (Å²) in [6.45, 7) is 2.34. The number of hydrogen-bond acceptors (Lipinski definition) is 3. The normalized spacial score (nSPS) is 21.6. The highest BCUT2D eigenvalue weighted by Crippen LogP contribution is 2.18. The standard InChI is InChI=1S/C12H15NO3S/c1-10-4-6-12(7-5-10)17(15,16)13-8-2-3-11(14)9-13/h2-7,11,14H,8-9H2,1H3. The Balaban J connectivity index is 2.30. The van der Waals surface area contributed by atoms with Crippen molar-refractivity contribution >= 4 is 10.0 Å². The summed E-state index contributed by atoms with van der Waals surface area (Å²) in [7, 11) is -3.49. The van der Waals surface area contributed by atoms with Crippen LogP contribution in [0.2, 0.25) is 0 Å². The number of sulfonamides is 1. The molecule has 0 fully saturated rings. The third-order valence-electron chi connectivity index (χ3n) is 2.72. The predicted molar refractivity (Wildman–Crippen MR) is 65.1 cm³/mol. The van der Waals surface area contributed by atoms with E-state index in [0.717, 1.165) is 5.56 Å². The van der Waals surface area contributed by atoms with E-state index in [9.17, 15) is 13.5 Å². The molecule has 5 heteroatoms. The first-order chi connectivity index (χ1) is 8.00. The van der Waals surface area contributed by atoms with Gasteiger partial charge in [0, 0.05) is 13.1 Å². The minimum Gasteiger partial charge on any atom is -0.388 e. The Morgan fingerprint density at radius 1 is 1.29 bits per heavy atom. The lowest BCUT2D eigenvalue weighted by Gasteiger charge is -2.25. The number of nitrogens with zero attached hydrogens (tertiary/aromatic N) is 1. The number of hydrogen-bond donors (Lipinski definition) is 1. The smallest absolute Gasteiger partial charge is 0.243 e. The molecule has 0 saturated heterocycles. The topological polar surface area (TPSA) is 57.6 Å². The quantitative estimate of drug-likeness (QED) is 0.797. The minimum absolute atomic E-state index is 0.118. The molecule has 1 aliphatic rings. The van der Waals surface area contributed by atoms with Gasteiger partial charge >= 0.3 is 0 Å². The molecule has 0 saturated carbocycles. The van der Waals surface area contributed by atoms with E-state index in [-0.39, 0.29) is 11.4 Å². The Morgan fingerprint density at radius 2 is 1.94 bits per heavy atom. The summed E-state index contributed by atoms with van der Waals surface area (Å²) in [5.74, 6) is 0. The first-order valence-electron chi connectivity index (χ1n) is 5.42. The van der Waals surface area contributed by atoms with Crippen molar-refractivity contribution in [2.45, 2.75) is 17.9 Å². The summed E-state index contributed by atoms with van der Waals surface area (Å²) >= 11 is 0. The first-order valence-corrected chi connectivity index (χ1v) is 6.86. The molecule has 4 nitrogen and oxygen atoms in total. The average molecular weight is 253 g/mol. The predicted octanol–water partition coefficient (Wildman–Crippen LogP) is 0.916. The van der Waals surface area contributed by atoms with Crippen molar-refractivity contribution < 1.29 is 13.5 Å². The van der Waals surface area contributed by atoms with Crippen molar-refractivity contribution in [1.29, 1.82) is 0 Å². The molecule has 1 aromatic rings. The molecular weight excluding hydrogens is 238 g/mol. The second-order valence-electron chi connectivity index (χ2n) is 4.13. The highest BCUT2D eigenvalue weighted by Gasteiger charge is 2.26. The van der Waals surface area contributed by atoms with E-state index in [1.807, 2.05) is 6.92 Å². The van der Waals surface area contributed by atoms with Crippen molar-refractivity contribution in [2.75, 3.05) is 13.1 Å². The molecule has 1 N–H and O–H groups in total. The number of aliphatic hydroxyl groups is 1. The monoisotopic (exact) mass is 253 g/mol. The fourth-order valence-corrected chi connectivity index (χ4v) is 3.14. The summed E-state index contributed by atoms with van der Waals surface area (Å²) in [4.78, 5) is 0.269. The van der Waals surface area contributed by atoms with E-state index in [2.05, 4.69) is 0 Å². The van der Waals surface area contributed by atoms with Gasteiger partial charge in [0.05, 0.1) is 11.0 Å². The van der Waals surface area contributed by atoms with Crippen LogP contribution in [0.4, 0.5) is 0 Å². The van der Waals surface area contributed by atoms with Gasteiger partial charge < -0.3 is 5.11 Å². The van der Waals surface area contributed by atoms with Crippen LogP contribution in [0.15, 0.2) is 41.3 Å². The molecule has 1 aromatic carbocycles. The number of benzene rings is 1. The molecule has 2 rings (SSSR count). The molecule has 17 heavy (non-hydrogen) atoms. The Bertz CT molecular complexity index is 519. The zero-order chi connectivity index (χ0) is 12.5. The fourth-order valence-electron chi connectivity index (χ4n) is 1.74. The van der Waals surface area contributed by atoms with Crippen molar-refractivity contribution in [3.8, 4) is 0 Å². The van der Waals surface area contributed by atoms with Crippen LogP contribution < -0.4 is 0 Å². The van der Waals surface area contributed by atoms with Gasteiger partial charge in [-0.3, -0.25) is 0 Å². The molecule has 1 aliphatic heterocycles. The van der Waals surface area contributed by atoms with Gasteiger partial charge in [-0.05, 0) is 19.1 Å². The zero-order valence-corrected chi connectivity index (χ0v) is 10.4. The van der Waals surface area contributed by atoms with Gasteiger partial charge in [-0.1, -0.05) is 29.8 Å². The largest absolute Gasteiger partial charge is 0.388 e. The zero-order valence-electron chi connectivity index (χ0n) is 9.57. The second-order valence-corrected chi connectivity index (χ2v) is 6.07. The van der Waals surface area contributed by atoms with Crippen LogP contribution in [0, 0.1) is 6.92 Å². The van der Waals surface area contributed by atoms with Crippen molar-refractivity contribution in [3.63, 3.8) is 0 Å². The maximum absolute atomic E-state index is 12.2. The van der Waals surface area contributed by atoms with Gasteiger partial charge in [0.15, 0.2) is 0 Å². The van der Waals surface area contributed by atoms with Crippen LogP contribution in [-0.2, 0) is 10.0 Å². The van der Waals surface area contributed by atoms with Crippen LogP contribution >= 0.6 is 0 Å². The van der Waals surface area contributed by atoms with Crippen LogP contribution in [0.1, 0.15) is 5.56 Å². The van der Waals surface area contributed by atoms with E-state index in [1.165, 1.54) is 4.31 Å². The maximum atomic E-state index is 12.2. The van der Waals surface area contributed by atoms with Crippen molar-refractivity contribution in [3.05, 3.63) is 42.0 Å². The van der Waals surface area contributed by atoms with E-state index in [1.54, 1.807) is 36.4 Å². The summed E-state index contributed by atoms with van der Waals surface area (Å²) in [5, 5.41) is 9.44. The van der Waals surface area contributed by atoms with Gasteiger partial charge in [0.25, 0.3) is 0 Å². The number of aliphatic hydroxyl groups excluding tert-OH is 1. The van der Waals surface area contributed by atoms with E-state index < -0.39 is 16.1 Å². The van der Waals surface area contributed by atoms with Gasteiger partial charge in [0.2, 0.25) is 10.0 Å². The summed E-state index contributed by atoms with van der Waals surface area (Å²) in [5.41, 5.74) is 1.02. The molecule has 1 atom stereocenters. The number of aryl methyl sites for hydroxylation is 1. The molecule has 0 amide bonds. The summed E-state index contributed by atoms with van der Waals surface area (Å²) in [6, 6.07) is 6.72. The summed E-state index contributed by atoms with van der Waals surface area (Å²) in [6.07, 6.45) is 2.56. The molecule has 0 radical (unpaired) electrons. The Hall–Kier alpha value is -1.17. The summed E-state index contributed by atoms with van der Waals surface area (Å²) < 4.78 is 25.7. The van der Waals surface area contributed by atoms with Gasteiger partial charge in [-0.15, -0.1) is 0 Å². The van der Waals surface area contributed by atoms with Crippen LogP contribution in [0.3, 0.4) is 0 Å². The van der Waals surface area contributed by atoms with E-state index in [4.69, 9.17) is 0 Å². The lowest BCUT2D eigenvalue weighted by Crippen LogP contribution is -2.39. The minimum atomic E-state index is -3.49. The van der Waals surface area contributed by atoms with Gasteiger partial charge in [-0.25, -0.2) is 8.42 Å². The second kappa shape index (κ2) is 4.60. The molecule has 92 valence electrons.